The van der Waals surface area contributed by atoms with Crippen molar-refractivity contribution in [3.63, 3.8) is 0 Å². The smallest absolute Gasteiger partial charge is 0.314 e. The van der Waals surface area contributed by atoms with Gasteiger partial charge in [0.1, 0.15) is 5.75 Å². The molecule has 0 saturated heterocycles. The monoisotopic (exact) mass is 374 g/mol. The Balaban J connectivity index is 1.70. The van der Waals surface area contributed by atoms with Crippen molar-refractivity contribution in [1.29, 1.82) is 0 Å². The van der Waals surface area contributed by atoms with Crippen molar-refractivity contribution in [1.82, 2.24) is 4.90 Å². The number of carbonyl (C=O) groups is 2. The Morgan fingerprint density at radius 2 is 1.46 bits per heavy atom. The van der Waals surface area contributed by atoms with Crippen LogP contribution in [0.25, 0.3) is 0 Å². The van der Waals surface area contributed by atoms with Gasteiger partial charge >= 0.3 is 11.8 Å². The summed E-state index contributed by atoms with van der Waals surface area (Å²) < 4.78 is 5.83. The number of hydrogen-bond donors (Lipinski definition) is 1. The third-order valence-electron chi connectivity index (χ3n) is 4.19. The van der Waals surface area contributed by atoms with Crippen LogP contribution in [0.2, 0.25) is 0 Å². The summed E-state index contributed by atoms with van der Waals surface area (Å²) in [5, 5.41) is 2.68. The van der Waals surface area contributed by atoms with Gasteiger partial charge in [-0.1, -0.05) is 60.7 Å². The molecule has 0 unspecified atom stereocenters. The summed E-state index contributed by atoms with van der Waals surface area (Å²) >= 11 is 0. The lowest BCUT2D eigenvalue weighted by atomic mass is 10.2. The Bertz CT molecular complexity index is 927. The van der Waals surface area contributed by atoms with E-state index in [-0.39, 0.29) is 0 Å². The zero-order valence-corrected chi connectivity index (χ0v) is 15.7. The van der Waals surface area contributed by atoms with E-state index in [0.717, 1.165) is 5.56 Å². The largest absolute Gasteiger partial charge is 0.455 e. The molecule has 3 aromatic rings. The van der Waals surface area contributed by atoms with Crippen LogP contribution < -0.4 is 10.1 Å². The normalized spacial score (nSPS) is 10.2. The first-order chi connectivity index (χ1) is 13.7. The van der Waals surface area contributed by atoms with E-state index < -0.39 is 11.8 Å². The Labute approximate surface area is 164 Å². The minimum Gasteiger partial charge on any atom is -0.455 e. The lowest BCUT2D eigenvalue weighted by Gasteiger charge is -2.20. The molecule has 0 aliphatic heterocycles. The quantitative estimate of drug-likeness (QED) is 0.648. The first kappa shape index (κ1) is 19.2. The number of nitrogens with one attached hydrogen (secondary N) is 1. The molecule has 0 aromatic heterocycles. The molecule has 0 radical (unpaired) electrons. The summed E-state index contributed by atoms with van der Waals surface area (Å²) in [6.07, 6.45) is 0. The summed E-state index contributed by atoms with van der Waals surface area (Å²) in [6, 6.07) is 25.9. The summed E-state index contributed by atoms with van der Waals surface area (Å²) in [5.41, 5.74) is 1.42. The zero-order valence-electron chi connectivity index (χ0n) is 15.7. The molecule has 0 saturated carbocycles. The Morgan fingerprint density at radius 3 is 2.14 bits per heavy atom. The number of hydrogen-bond acceptors (Lipinski definition) is 3. The highest BCUT2D eigenvalue weighted by Crippen LogP contribution is 2.29. The molecule has 0 atom stereocenters. The molecular formula is C23H22N2O3. The van der Waals surface area contributed by atoms with Crippen LogP contribution in [-0.2, 0) is 16.1 Å². The highest BCUT2D eigenvalue weighted by atomic mass is 16.5. The van der Waals surface area contributed by atoms with Crippen LogP contribution >= 0.6 is 0 Å². The van der Waals surface area contributed by atoms with Crippen LogP contribution in [0.15, 0.2) is 84.9 Å². The van der Waals surface area contributed by atoms with Gasteiger partial charge in [-0.2, -0.15) is 0 Å². The van der Waals surface area contributed by atoms with Crippen molar-refractivity contribution in [2.24, 2.45) is 0 Å². The summed E-state index contributed by atoms with van der Waals surface area (Å²) in [5.74, 6) is -0.154. The van der Waals surface area contributed by atoms with E-state index in [1.807, 2.05) is 73.7 Å². The number of likely N-dealkylation sites (N-methyl/N-ethyl adjacent to an activating group) is 1. The lowest BCUT2D eigenvalue weighted by Crippen LogP contribution is -2.39. The number of benzene rings is 3. The van der Waals surface area contributed by atoms with Gasteiger partial charge in [-0.15, -0.1) is 0 Å². The zero-order chi connectivity index (χ0) is 19.8. The molecule has 3 rings (SSSR count). The number of nitrogens with zero attached hydrogens (tertiary/aromatic N) is 1. The molecule has 0 heterocycles. The fourth-order valence-electron chi connectivity index (χ4n) is 2.72. The van der Waals surface area contributed by atoms with Gasteiger partial charge in [0.15, 0.2) is 5.75 Å². The second kappa shape index (κ2) is 9.37. The second-order valence-electron chi connectivity index (χ2n) is 6.17. The third-order valence-corrected chi connectivity index (χ3v) is 4.19. The van der Waals surface area contributed by atoms with E-state index >= 15 is 0 Å². The predicted molar refractivity (Wildman–Crippen MR) is 109 cm³/mol. The van der Waals surface area contributed by atoms with Crippen LogP contribution in [0.1, 0.15) is 12.5 Å². The Kier molecular flexibility index (Phi) is 6.41. The molecule has 28 heavy (non-hydrogen) atoms. The average Bonchev–Trinajstić information content (AvgIpc) is 2.74. The fraction of sp³-hybridized carbons (Fsp3) is 0.130. The van der Waals surface area contributed by atoms with E-state index in [1.165, 1.54) is 4.90 Å². The summed E-state index contributed by atoms with van der Waals surface area (Å²) in [6.45, 7) is 2.66. The maximum Gasteiger partial charge on any atom is 0.314 e. The second-order valence-corrected chi connectivity index (χ2v) is 6.17. The number of para-hydroxylation sites is 3. The van der Waals surface area contributed by atoms with E-state index in [0.29, 0.717) is 30.3 Å². The van der Waals surface area contributed by atoms with Gasteiger partial charge < -0.3 is 15.0 Å². The van der Waals surface area contributed by atoms with Gasteiger partial charge in [0.05, 0.1) is 5.69 Å². The number of amides is 2. The topological polar surface area (TPSA) is 58.6 Å². The molecular weight excluding hydrogens is 352 g/mol. The maximum atomic E-state index is 12.6. The number of anilines is 1. The first-order valence-corrected chi connectivity index (χ1v) is 9.13. The van der Waals surface area contributed by atoms with Gasteiger partial charge in [-0.05, 0) is 36.8 Å². The average molecular weight is 374 g/mol. The highest BCUT2D eigenvalue weighted by Gasteiger charge is 2.22. The van der Waals surface area contributed by atoms with Crippen molar-refractivity contribution in [2.75, 3.05) is 11.9 Å². The molecule has 0 fully saturated rings. The van der Waals surface area contributed by atoms with Crippen LogP contribution in [0.5, 0.6) is 11.5 Å². The standard InChI is InChI=1S/C23H22N2O3/c1-2-25(17-18-11-5-3-6-12-18)23(27)22(26)24-20-15-9-10-16-21(20)28-19-13-7-4-8-14-19/h3-16H,2,17H2,1H3,(H,24,26). The van der Waals surface area contributed by atoms with Gasteiger partial charge in [0, 0.05) is 13.1 Å². The SMILES string of the molecule is CCN(Cc1ccccc1)C(=O)C(=O)Nc1ccccc1Oc1ccccc1. The molecule has 142 valence electrons. The molecule has 0 bridgehead atoms. The van der Waals surface area contributed by atoms with Crippen molar-refractivity contribution >= 4 is 17.5 Å². The molecule has 0 spiro atoms. The Morgan fingerprint density at radius 1 is 0.857 bits per heavy atom. The fourth-order valence-corrected chi connectivity index (χ4v) is 2.72. The first-order valence-electron chi connectivity index (χ1n) is 9.13. The van der Waals surface area contributed by atoms with E-state index in [4.69, 9.17) is 4.74 Å². The van der Waals surface area contributed by atoms with E-state index in [1.54, 1.807) is 18.2 Å². The Hall–Kier alpha value is -3.60. The third kappa shape index (κ3) is 4.98. The summed E-state index contributed by atoms with van der Waals surface area (Å²) in [7, 11) is 0. The molecule has 5 nitrogen and oxygen atoms in total. The maximum absolute atomic E-state index is 12.6. The summed E-state index contributed by atoms with van der Waals surface area (Å²) in [4.78, 5) is 26.7. The number of carbonyl (C=O) groups excluding carboxylic acids is 2. The van der Waals surface area contributed by atoms with Gasteiger partial charge in [0.2, 0.25) is 0 Å². The predicted octanol–water partition coefficient (Wildman–Crippen LogP) is 4.47. The van der Waals surface area contributed by atoms with Crippen LogP contribution in [0.3, 0.4) is 0 Å². The lowest BCUT2D eigenvalue weighted by molar-refractivity contribution is -0.143. The van der Waals surface area contributed by atoms with Gasteiger partial charge in [-0.25, -0.2) is 0 Å². The van der Waals surface area contributed by atoms with Crippen LogP contribution in [-0.4, -0.2) is 23.3 Å². The van der Waals surface area contributed by atoms with Crippen molar-refractivity contribution in [3.8, 4) is 11.5 Å². The van der Waals surface area contributed by atoms with Crippen LogP contribution in [0, 0.1) is 0 Å². The van der Waals surface area contributed by atoms with Crippen LogP contribution in [0.4, 0.5) is 5.69 Å². The highest BCUT2D eigenvalue weighted by molar-refractivity contribution is 6.39. The van der Waals surface area contributed by atoms with Crippen molar-refractivity contribution < 1.29 is 14.3 Å². The molecule has 5 heteroatoms. The molecule has 0 aliphatic rings. The van der Waals surface area contributed by atoms with Gasteiger partial charge in [0.25, 0.3) is 0 Å². The molecule has 1 N–H and O–H groups in total. The van der Waals surface area contributed by atoms with Crippen molar-refractivity contribution in [3.05, 3.63) is 90.5 Å². The molecule has 0 aliphatic carbocycles. The van der Waals surface area contributed by atoms with Crippen molar-refractivity contribution in [2.45, 2.75) is 13.5 Å². The minimum absolute atomic E-state index is 0.381. The molecule has 3 aromatic carbocycles. The minimum atomic E-state index is -0.693. The number of rotatable bonds is 6. The molecule has 2 amide bonds. The van der Waals surface area contributed by atoms with Gasteiger partial charge in [-0.3, -0.25) is 9.59 Å². The van der Waals surface area contributed by atoms with E-state index in [2.05, 4.69) is 5.32 Å². The van der Waals surface area contributed by atoms with E-state index in [9.17, 15) is 9.59 Å². The number of ether oxygens (including phenoxy) is 1.